The van der Waals surface area contributed by atoms with Crippen molar-refractivity contribution < 1.29 is 27.4 Å². The summed E-state index contributed by atoms with van der Waals surface area (Å²) in [6, 6.07) is 7.85. The Labute approximate surface area is 181 Å². The lowest BCUT2D eigenvalue weighted by Gasteiger charge is -2.26. The molecule has 0 N–H and O–H groups in total. The van der Waals surface area contributed by atoms with Crippen molar-refractivity contribution in [3.05, 3.63) is 40.9 Å². The van der Waals surface area contributed by atoms with E-state index < -0.39 is 10.0 Å². The number of rotatable bonds is 7. The summed E-state index contributed by atoms with van der Waals surface area (Å²) in [5.74, 6) is 1.54. The molecule has 10 heteroatoms. The van der Waals surface area contributed by atoms with E-state index in [1.165, 1.54) is 50.0 Å². The van der Waals surface area contributed by atoms with Gasteiger partial charge in [0, 0.05) is 30.9 Å². The van der Waals surface area contributed by atoms with Gasteiger partial charge in [-0.05, 0) is 24.3 Å². The van der Waals surface area contributed by atoms with Crippen LogP contribution in [0.1, 0.15) is 5.56 Å². The lowest BCUT2D eigenvalue weighted by atomic mass is 10.2. The first-order chi connectivity index (χ1) is 14.4. The zero-order valence-corrected chi connectivity index (χ0v) is 18.5. The molecular formula is C20H23ClN2O6S. The molecule has 8 nitrogen and oxygen atoms in total. The number of benzene rings is 2. The van der Waals surface area contributed by atoms with Crippen molar-refractivity contribution in [3.8, 4) is 17.2 Å². The smallest absolute Gasteiger partial charge is 0.243 e. The molecule has 0 amide bonds. The van der Waals surface area contributed by atoms with E-state index in [9.17, 15) is 8.42 Å². The third-order valence-electron chi connectivity index (χ3n) is 4.60. The molecule has 1 saturated heterocycles. The quantitative estimate of drug-likeness (QED) is 0.597. The fourth-order valence-electron chi connectivity index (χ4n) is 2.98. The molecule has 0 bridgehead atoms. The van der Waals surface area contributed by atoms with E-state index in [1.54, 1.807) is 12.1 Å². The second-order valence-corrected chi connectivity index (χ2v) is 8.68. The first-order valence-electron chi connectivity index (χ1n) is 9.12. The van der Waals surface area contributed by atoms with Crippen LogP contribution in [0, 0.1) is 0 Å². The minimum atomic E-state index is -3.66. The number of morpholine rings is 1. The fraction of sp³-hybridized carbons (Fsp3) is 0.350. The van der Waals surface area contributed by atoms with Crippen LogP contribution in [0.5, 0.6) is 17.2 Å². The van der Waals surface area contributed by atoms with Crippen molar-refractivity contribution in [2.24, 2.45) is 4.99 Å². The molecule has 0 atom stereocenters. The zero-order valence-electron chi connectivity index (χ0n) is 16.9. The maximum Gasteiger partial charge on any atom is 0.243 e. The number of sulfonamides is 1. The molecule has 2 aromatic rings. The summed E-state index contributed by atoms with van der Waals surface area (Å²) in [4.78, 5) is 4.52. The highest BCUT2D eigenvalue weighted by atomic mass is 35.5. The third kappa shape index (κ3) is 4.70. The zero-order chi connectivity index (χ0) is 21.7. The average Bonchev–Trinajstić information content (AvgIpc) is 2.78. The lowest BCUT2D eigenvalue weighted by molar-refractivity contribution is 0.0730. The Morgan fingerprint density at radius 2 is 1.63 bits per heavy atom. The SMILES string of the molecule is COc1cc(OC)c(OC)cc1C=Nc1cc(S(=O)(=O)N2CCOCC2)ccc1Cl. The van der Waals surface area contributed by atoms with Crippen LogP contribution in [0.15, 0.2) is 40.2 Å². The number of nitrogens with zero attached hydrogens (tertiary/aromatic N) is 2. The summed E-state index contributed by atoms with van der Waals surface area (Å²) in [6.07, 6.45) is 1.53. The molecule has 3 rings (SSSR count). The van der Waals surface area contributed by atoms with Gasteiger partial charge in [0.05, 0.1) is 50.1 Å². The predicted octanol–water partition coefficient (Wildman–Crippen LogP) is 3.14. The van der Waals surface area contributed by atoms with Gasteiger partial charge in [-0.15, -0.1) is 0 Å². The van der Waals surface area contributed by atoms with Gasteiger partial charge >= 0.3 is 0 Å². The highest BCUT2D eigenvalue weighted by Gasteiger charge is 2.26. The summed E-state index contributed by atoms with van der Waals surface area (Å²) in [5, 5.41) is 0.326. The Morgan fingerprint density at radius 1 is 1.00 bits per heavy atom. The molecule has 0 radical (unpaired) electrons. The molecule has 2 aromatic carbocycles. The Morgan fingerprint density at radius 3 is 2.27 bits per heavy atom. The van der Waals surface area contributed by atoms with Crippen molar-refractivity contribution >= 4 is 33.5 Å². The summed E-state index contributed by atoms with van der Waals surface area (Å²) in [5.41, 5.74) is 0.940. The Hall–Kier alpha value is -2.33. The monoisotopic (exact) mass is 454 g/mol. The number of halogens is 1. The maximum atomic E-state index is 12.9. The summed E-state index contributed by atoms with van der Waals surface area (Å²) >= 11 is 6.26. The van der Waals surface area contributed by atoms with Gasteiger partial charge in [0.15, 0.2) is 11.5 Å². The van der Waals surface area contributed by atoms with Crippen LogP contribution in [0.3, 0.4) is 0 Å². The van der Waals surface area contributed by atoms with Crippen molar-refractivity contribution in [1.29, 1.82) is 0 Å². The number of aliphatic imine (C=N–C) groups is 1. The van der Waals surface area contributed by atoms with E-state index in [1.807, 2.05) is 0 Å². The molecule has 0 spiro atoms. The molecule has 162 valence electrons. The molecule has 0 saturated carbocycles. The molecule has 0 unspecified atom stereocenters. The molecule has 1 aliphatic rings. The largest absolute Gasteiger partial charge is 0.496 e. The van der Waals surface area contributed by atoms with Crippen molar-refractivity contribution in [2.75, 3.05) is 47.6 Å². The normalized spacial score (nSPS) is 15.3. The van der Waals surface area contributed by atoms with Gasteiger partial charge < -0.3 is 18.9 Å². The van der Waals surface area contributed by atoms with Gasteiger partial charge in [-0.1, -0.05) is 11.6 Å². The van der Waals surface area contributed by atoms with Crippen LogP contribution in [0.2, 0.25) is 5.02 Å². The third-order valence-corrected chi connectivity index (χ3v) is 6.82. The van der Waals surface area contributed by atoms with Crippen molar-refractivity contribution in [1.82, 2.24) is 4.31 Å². The lowest BCUT2D eigenvalue weighted by Crippen LogP contribution is -2.40. The van der Waals surface area contributed by atoms with Gasteiger partial charge in [-0.3, -0.25) is 4.99 Å². The number of methoxy groups -OCH3 is 3. The van der Waals surface area contributed by atoms with Gasteiger partial charge in [-0.2, -0.15) is 4.31 Å². The highest BCUT2D eigenvalue weighted by Crippen LogP contribution is 2.35. The van der Waals surface area contributed by atoms with Gasteiger partial charge in [0.2, 0.25) is 10.0 Å². The molecule has 0 aliphatic carbocycles. The van der Waals surface area contributed by atoms with Crippen LogP contribution in [-0.2, 0) is 14.8 Å². The Kier molecular flexibility index (Phi) is 7.19. The van der Waals surface area contributed by atoms with Crippen molar-refractivity contribution in [3.63, 3.8) is 0 Å². The van der Waals surface area contributed by atoms with E-state index >= 15 is 0 Å². The topological polar surface area (TPSA) is 86.7 Å². The van der Waals surface area contributed by atoms with Crippen LogP contribution < -0.4 is 14.2 Å². The minimum absolute atomic E-state index is 0.125. The Balaban J connectivity index is 1.96. The van der Waals surface area contributed by atoms with Crippen LogP contribution in [0.25, 0.3) is 0 Å². The molecule has 1 heterocycles. The predicted molar refractivity (Wildman–Crippen MR) is 114 cm³/mol. The highest BCUT2D eigenvalue weighted by molar-refractivity contribution is 7.89. The van der Waals surface area contributed by atoms with Crippen molar-refractivity contribution in [2.45, 2.75) is 4.90 Å². The van der Waals surface area contributed by atoms with Gasteiger partial charge in [0.25, 0.3) is 0 Å². The van der Waals surface area contributed by atoms with E-state index in [0.29, 0.717) is 59.8 Å². The van der Waals surface area contributed by atoms with E-state index in [2.05, 4.69) is 4.99 Å². The van der Waals surface area contributed by atoms with Gasteiger partial charge in [0.1, 0.15) is 5.75 Å². The van der Waals surface area contributed by atoms with Crippen LogP contribution in [0.4, 0.5) is 5.69 Å². The molecular weight excluding hydrogens is 432 g/mol. The standard InChI is InChI=1S/C20H23ClN2O6S/c1-26-18-12-20(28-3)19(27-2)10-14(18)13-22-17-11-15(4-5-16(17)21)30(24,25)23-6-8-29-9-7-23/h4-5,10-13H,6-9H2,1-3H3. The second-order valence-electron chi connectivity index (χ2n) is 6.34. The van der Waals surface area contributed by atoms with E-state index in [4.69, 9.17) is 30.5 Å². The molecule has 1 aliphatic heterocycles. The Bertz CT molecular complexity index is 1040. The molecule has 0 aromatic heterocycles. The van der Waals surface area contributed by atoms with Crippen LogP contribution in [-0.4, -0.2) is 66.6 Å². The van der Waals surface area contributed by atoms with E-state index in [-0.39, 0.29) is 4.90 Å². The summed E-state index contributed by atoms with van der Waals surface area (Å²) in [7, 11) is 0.935. The van der Waals surface area contributed by atoms with E-state index in [0.717, 1.165) is 0 Å². The summed E-state index contributed by atoms with van der Waals surface area (Å²) in [6.45, 7) is 1.37. The average molecular weight is 455 g/mol. The first-order valence-corrected chi connectivity index (χ1v) is 10.9. The fourth-order valence-corrected chi connectivity index (χ4v) is 4.58. The minimum Gasteiger partial charge on any atom is -0.496 e. The van der Waals surface area contributed by atoms with Crippen LogP contribution >= 0.6 is 11.6 Å². The molecule has 30 heavy (non-hydrogen) atoms. The van der Waals surface area contributed by atoms with Gasteiger partial charge in [-0.25, -0.2) is 8.42 Å². The number of hydrogen-bond donors (Lipinski definition) is 0. The first kappa shape index (κ1) is 22.4. The number of hydrogen-bond acceptors (Lipinski definition) is 7. The number of ether oxygens (including phenoxy) is 4. The second kappa shape index (κ2) is 9.65. The molecule has 1 fully saturated rings. The maximum absolute atomic E-state index is 12.9. The summed E-state index contributed by atoms with van der Waals surface area (Å²) < 4.78 is 48.4.